The molecule has 2 amide bonds. The Bertz CT molecular complexity index is 93.1. The number of carbonyl (C=O) groups is 1. The van der Waals surface area contributed by atoms with E-state index in [0.29, 0.717) is 0 Å². The van der Waals surface area contributed by atoms with Crippen LogP contribution in [0, 0.1) is 0 Å². The molecule has 0 aliphatic heterocycles. The summed E-state index contributed by atoms with van der Waals surface area (Å²) in [5, 5.41) is 6.10. The second-order valence-corrected chi connectivity index (χ2v) is 1.98. The minimum absolute atomic E-state index is 0.232. The fourth-order valence-electron chi connectivity index (χ4n) is 0.377. The smallest absolute Gasteiger partial charge is 0.334 e. The highest BCUT2D eigenvalue weighted by molar-refractivity contribution is 5.73. The topological polar surface area (TPSA) is 43.2 Å². The van der Waals surface area contributed by atoms with Crippen LogP contribution in [-0.4, -0.2) is 19.1 Å². The predicted molar refractivity (Wildman–Crippen MR) is 36.3 cm³/mol. The van der Waals surface area contributed by atoms with E-state index in [0.717, 1.165) is 6.42 Å². The van der Waals surface area contributed by atoms with Gasteiger partial charge in [-0.15, -0.1) is 0 Å². The first-order chi connectivity index (χ1) is 4.20. The average Bonchev–Trinajstić information content (AvgIpc) is 1.87. The van der Waals surface area contributed by atoms with Crippen LogP contribution in [0.3, 0.4) is 0 Å². The molecule has 1 radical (unpaired) electrons. The van der Waals surface area contributed by atoms with E-state index in [1.165, 1.54) is 7.05 Å². The lowest BCUT2D eigenvalue weighted by molar-refractivity contribution is 0.239. The first kappa shape index (κ1) is 8.27. The Morgan fingerprint density at radius 3 is 2.67 bits per heavy atom. The van der Waals surface area contributed by atoms with Crippen LogP contribution in [0.4, 0.5) is 4.79 Å². The fraction of sp³-hybridized carbons (Fsp3) is 0.833. The van der Waals surface area contributed by atoms with Crippen molar-refractivity contribution in [1.82, 2.24) is 10.6 Å². The molecule has 0 aromatic heterocycles. The van der Waals surface area contributed by atoms with E-state index in [1.807, 2.05) is 13.8 Å². The van der Waals surface area contributed by atoms with Crippen molar-refractivity contribution < 1.29 is 4.79 Å². The zero-order chi connectivity index (χ0) is 7.28. The largest absolute Gasteiger partial charge is 0.336 e. The van der Waals surface area contributed by atoms with Gasteiger partial charge in [0.2, 0.25) is 0 Å². The normalized spacial score (nSPS) is 12.3. The predicted octanol–water partition coefficient (Wildman–Crippen LogP) is 0.729. The first-order valence-corrected chi connectivity index (χ1v) is 3.11. The maximum atomic E-state index is 10.5. The van der Waals surface area contributed by atoms with Gasteiger partial charge in [-0.2, -0.15) is 0 Å². The van der Waals surface area contributed by atoms with Gasteiger partial charge < -0.3 is 5.32 Å². The summed E-state index contributed by atoms with van der Waals surface area (Å²) in [5.41, 5.74) is 0. The Kier molecular flexibility index (Phi) is 3.84. The van der Waals surface area contributed by atoms with Crippen molar-refractivity contribution in [2.24, 2.45) is 0 Å². The van der Waals surface area contributed by atoms with E-state index < -0.39 is 0 Å². The summed E-state index contributed by atoms with van der Waals surface area (Å²) in [5.74, 6) is 0. The summed E-state index contributed by atoms with van der Waals surface area (Å²) < 4.78 is 0. The average molecular weight is 129 g/mol. The van der Waals surface area contributed by atoms with E-state index in [4.69, 9.17) is 0 Å². The second-order valence-electron chi connectivity index (χ2n) is 1.98. The van der Waals surface area contributed by atoms with Gasteiger partial charge in [0.05, 0.1) is 0 Å². The molecule has 0 heterocycles. The fourth-order valence-corrected chi connectivity index (χ4v) is 0.377. The van der Waals surface area contributed by atoms with Crippen LogP contribution in [0.25, 0.3) is 0 Å². The summed E-state index contributed by atoms with van der Waals surface area (Å²) in [6.07, 6.45) is 0.946. The maximum absolute atomic E-state index is 10.5. The van der Waals surface area contributed by atoms with Crippen molar-refractivity contribution in [2.75, 3.05) is 7.05 Å². The van der Waals surface area contributed by atoms with E-state index >= 15 is 0 Å². The molecule has 0 aliphatic rings. The minimum atomic E-state index is -0.232. The number of hydrogen-bond donors (Lipinski definition) is 1. The summed E-state index contributed by atoms with van der Waals surface area (Å²) >= 11 is 0. The molecule has 1 unspecified atom stereocenters. The van der Waals surface area contributed by atoms with Gasteiger partial charge in [0.15, 0.2) is 0 Å². The van der Waals surface area contributed by atoms with Crippen molar-refractivity contribution >= 4 is 6.03 Å². The quantitative estimate of drug-likeness (QED) is 0.586. The molecule has 0 aliphatic carbocycles. The lowest BCUT2D eigenvalue weighted by Crippen LogP contribution is -2.35. The lowest BCUT2D eigenvalue weighted by atomic mass is 10.3. The van der Waals surface area contributed by atoms with E-state index in [1.54, 1.807) is 0 Å². The van der Waals surface area contributed by atoms with Gasteiger partial charge in [0.25, 0.3) is 0 Å². The van der Waals surface area contributed by atoms with Crippen LogP contribution in [0.2, 0.25) is 0 Å². The number of nitrogens with one attached hydrogen (secondary N) is 1. The molecule has 0 aromatic carbocycles. The standard InChI is InChI=1S/C6H13N2O/c1-4-5(2)8-6(9)7-3/h5H,4H2,1-3H3,(H,8,9). The first-order valence-electron chi connectivity index (χ1n) is 3.11. The minimum Gasteiger partial charge on any atom is -0.334 e. The summed E-state index contributed by atoms with van der Waals surface area (Å²) in [7, 11) is 1.48. The van der Waals surface area contributed by atoms with Crippen LogP contribution < -0.4 is 10.6 Å². The molecule has 53 valence electrons. The lowest BCUT2D eigenvalue weighted by Gasteiger charge is -2.08. The number of carbonyl (C=O) groups excluding carboxylic acids is 1. The molecule has 0 saturated heterocycles. The van der Waals surface area contributed by atoms with Gasteiger partial charge in [0.1, 0.15) is 0 Å². The molecular formula is C6H13N2O. The molecule has 0 bridgehead atoms. The van der Waals surface area contributed by atoms with Crippen LogP contribution in [0.15, 0.2) is 0 Å². The molecule has 0 rings (SSSR count). The monoisotopic (exact) mass is 129 g/mol. The van der Waals surface area contributed by atoms with Crippen LogP contribution in [-0.2, 0) is 0 Å². The molecule has 1 N–H and O–H groups in total. The molecule has 0 spiro atoms. The summed E-state index contributed by atoms with van der Waals surface area (Å²) in [6.45, 7) is 3.96. The van der Waals surface area contributed by atoms with Crippen molar-refractivity contribution in [3.8, 4) is 0 Å². The maximum Gasteiger partial charge on any atom is 0.336 e. The van der Waals surface area contributed by atoms with Gasteiger partial charge in [-0.05, 0) is 13.3 Å². The van der Waals surface area contributed by atoms with Gasteiger partial charge in [-0.3, -0.25) is 0 Å². The van der Waals surface area contributed by atoms with Gasteiger partial charge in [-0.1, -0.05) is 6.92 Å². The van der Waals surface area contributed by atoms with Gasteiger partial charge in [-0.25, -0.2) is 10.1 Å². The van der Waals surface area contributed by atoms with Crippen molar-refractivity contribution in [3.05, 3.63) is 0 Å². The van der Waals surface area contributed by atoms with Gasteiger partial charge in [0, 0.05) is 13.1 Å². The number of rotatable bonds is 2. The van der Waals surface area contributed by atoms with E-state index in [9.17, 15) is 4.79 Å². The highest BCUT2D eigenvalue weighted by Gasteiger charge is 2.01. The third-order valence-corrected chi connectivity index (χ3v) is 1.19. The second kappa shape index (κ2) is 4.18. The van der Waals surface area contributed by atoms with Crippen LogP contribution >= 0.6 is 0 Å². The number of amides is 2. The zero-order valence-electron chi connectivity index (χ0n) is 6.14. The molecule has 9 heavy (non-hydrogen) atoms. The van der Waals surface area contributed by atoms with Gasteiger partial charge >= 0.3 is 6.03 Å². The Morgan fingerprint density at radius 2 is 2.33 bits per heavy atom. The molecule has 0 saturated carbocycles. The Hall–Kier alpha value is -0.730. The van der Waals surface area contributed by atoms with E-state index in [-0.39, 0.29) is 12.1 Å². The number of hydrogen-bond acceptors (Lipinski definition) is 1. The molecule has 0 fully saturated rings. The Labute approximate surface area is 55.8 Å². The van der Waals surface area contributed by atoms with Crippen molar-refractivity contribution in [3.63, 3.8) is 0 Å². The number of urea groups is 1. The van der Waals surface area contributed by atoms with Crippen molar-refractivity contribution in [2.45, 2.75) is 26.3 Å². The van der Waals surface area contributed by atoms with Crippen molar-refractivity contribution in [1.29, 1.82) is 0 Å². The molecule has 3 heteroatoms. The highest BCUT2D eigenvalue weighted by Crippen LogP contribution is 1.85. The summed E-state index contributed by atoms with van der Waals surface area (Å²) in [6, 6.07) is 0.00514. The van der Waals surface area contributed by atoms with Crippen LogP contribution in [0.5, 0.6) is 0 Å². The Balaban J connectivity index is 3.34. The zero-order valence-corrected chi connectivity index (χ0v) is 6.14. The third-order valence-electron chi connectivity index (χ3n) is 1.19. The molecule has 3 nitrogen and oxygen atoms in total. The Morgan fingerprint density at radius 1 is 1.78 bits per heavy atom. The molecular weight excluding hydrogens is 116 g/mol. The van der Waals surface area contributed by atoms with E-state index in [2.05, 4.69) is 10.6 Å². The third kappa shape index (κ3) is 3.82. The summed E-state index contributed by atoms with van der Waals surface area (Å²) in [4.78, 5) is 10.5. The number of nitrogens with zero attached hydrogens (tertiary/aromatic N) is 1. The molecule has 0 aromatic rings. The highest BCUT2D eigenvalue weighted by atomic mass is 16.2. The molecule has 1 atom stereocenters. The van der Waals surface area contributed by atoms with Crippen LogP contribution in [0.1, 0.15) is 20.3 Å². The SMILES string of the molecule is CCC(C)NC(=O)[N]C.